The molecule has 2 aliphatic rings. The lowest BCUT2D eigenvalue weighted by atomic mass is 10.0. The van der Waals surface area contributed by atoms with E-state index in [4.69, 9.17) is 43.0 Å². The topological polar surface area (TPSA) is 190 Å². The first-order chi connectivity index (χ1) is 35.8. The predicted molar refractivity (Wildman–Crippen MR) is 304 cm³/mol. The van der Waals surface area contributed by atoms with E-state index in [1.165, 1.54) is 26.4 Å². The fourth-order valence-corrected chi connectivity index (χ4v) is 10.5. The first-order valence-electron chi connectivity index (χ1n) is 25.9. The van der Waals surface area contributed by atoms with Crippen molar-refractivity contribution in [3.8, 4) is 34.5 Å². The minimum absolute atomic E-state index is 0.00337. The summed E-state index contributed by atoms with van der Waals surface area (Å²) in [6, 6.07) is 21.1. The number of methoxy groups -OCH3 is 4. The molecule has 16 nitrogen and oxygen atoms in total. The van der Waals surface area contributed by atoms with Gasteiger partial charge in [0, 0.05) is 30.2 Å². The normalized spacial score (nSPS) is 16.0. The van der Waals surface area contributed by atoms with Crippen molar-refractivity contribution in [1.29, 1.82) is 0 Å². The van der Waals surface area contributed by atoms with Crippen molar-refractivity contribution in [3.63, 3.8) is 0 Å². The summed E-state index contributed by atoms with van der Waals surface area (Å²) in [5, 5.41) is 12.3. The summed E-state index contributed by atoms with van der Waals surface area (Å²) in [4.78, 5) is 44.7. The quantitative estimate of drug-likeness (QED) is 0.0362. The molecule has 0 saturated carbocycles. The molecule has 0 aromatic heterocycles. The van der Waals surface area contributed by atoms with Gasteiger partial charge in [-0.1, -0.05) is 65.8 Å². The van der Waals surface area contributed by atoms with E-state index in [1.54, 1.807) is 36.2 Å². The van der Waals surface area contributed by atoms with Crippen LogP contribution in [0.15, 0.2) is 85.2 Å². The smallest absolute Gasteiger partial charge is 0.409 e. The van der Waals surface area contributed by atoms with E-state index < -0.39 is 28.6 Å². The number of nitrogens with one attached hydrogen (secondary N) is 1. The standard InChI is InChI=1S/C58H80N4O12Si2/c1-57(2,3)75(11,12)73-36-42-28-40(38-18-22-44(67-7)23-19-38)34-61(42)54(63)46-30-50(69-9)52(32-48(46)59)71-26-16-15-17-27-72-53-33-49(60-56(65)66)47(31-51(53)70-10)55(64)62-35-41(39-20-24-45(68-8)25-21-39)29-43(62)37-74-76(13,14)58(4,5)6/h18-25,30-35,42-43,60H,15-17,26-29,36-37,59H2,1-14H3,(H,65,66)/t42-,43-/m0/s1. The van der Waals surface area contributed by atoms with Gasteiger partial charge >= 0.3 is 6.09 Å². The molecule has 2 heterocycles. The lowest BCUT2D eigenvalue weighted by Gasteiger charge is -2.38. The van der Waals surface area contributed by atoms with Gasteiger partial charge in [0.25, 0.3) is 11.8 Å². The van der Waals surface area contributed by atoms with Crippen LogP contribution < -0.4 is 39.5 Å². The number of carboxylic acid groups (broad SMARTS) is 1. The highest BCUT2D eigenvalue weighted by atomic mass is 28.4. The Labute approximate surface area is 451 Å². The van der Waals surface area contributed by atoms with Crippen LogP contribution in [0.5, 0.6) is 34.5 Å². The van der Waals surface area contributed by atoms with Crippen LogP contribution in [0.4, 0.5) is 16.2 Å². The third kappa shape index (κ3) is 14.1. The van der Waals surface area contributed by atoms with E-state index in [0.717, 1.165) is 33.8 Å². The van der Waals surface area contributed by atoms with Crippen molar-refractivity contribution < 1.29 is 56.8 Å². The Morgan fingerprint density at radius 1 is 0.592 bits per heavy atom. The summed E-state index contributed by atoms with van der Waals surface area (Å²) < 4.78 is 47.9. The molecule has 0 fully saturated rings. The highest BCUT2D eigenvalue weighted by molar-refractivity contribution is 6.74. The molecule has 0 aliphatic carbocycles. The summed E-state index contributed by atoms with van der Waals surface area (Å²) in [6.45, 7) is 23.1. The van der Waals surface area contributed by atoms with Crippen molar-refractivity contribution in [2.75, 3.05) is 65.9 Å². The minimum atomic E-state index is -2.20. The molecular formula is C58H80N4O12Si2. The fourth-order valence-electron chi connectivity index (χ4n) is 8.41. The Morgan fingerprint density at radius 2 is 1.00 bits per heavy atom. The molecule has 4 aromatic rings. The third-order valence-corrected chi connectivity index (χ3v) is 24.2. The largest absolute Gasteiger partial charge is 0.497 e. The van der Waals surface area contributed by atoms with Crippen LogP contribution in [0.3, 0.4) is 0 Å². The van der Waals surface area contributed by atoms with E-state index in [1.807, 2.05) is 60.9 Å². The Balaban J connectivity index is 1.10. The number of carbonyl (C=O) groups is 3. The number of unbranched alkanes of at least 4 members (excludes halogenated alkanes) is 2. The molecule has 2 atom stereocenters. The Hall–Kier alpha value is -6.48. The molecule has 2 aliphatic heterocycles. The van der Waals surface area contributed by atoms with Gasteiger partial charge in [-0.2, -0.15) is 0 Å². The van der Waals surface area contributed by atoms with E-state index in [0.29, 0.717) is 69.0 Å². The number of anilines is 2. The third-order valence-electron chi connectivity index (χ3n) is 15.2. The van der Waals surface area contributed by atoms with Crippen molar-refractivity contribution in [2.45, 2.75) is 122 Å². The number of ether oxygens (including phenoxy) is 6. The van der Waals surface area contributed by atoms with Crippen molar-refractivity contribution in [2.24, 2.45) is 0 Å². The number of rotatable bonds is 23. The van der Waals surface area contributed by atoms with Gasteiger partial charge in [0.2, 0.25) is 0 Å². The zero-order chi connectivity index (χ0) is 55.8. The molecule has 412 valence electrons. The zero-order valence-corrected chi connectivity index (χ0v) is 49.0. The average Bonchev–Trinajstić information content (AvgIpc) is 4.01. The van der Waals surface area contributed by atoms with Crippen LogP contribution in [0.25, 0.3) is 11.1 Å². The van der Waals surface area contributed by atoms with Crippen LogP contribution in [0.1, 0.15) is 105 Å². The van der Waals surface area contributed by atoms with Gasteiger partial charge in [-0.05, 0) is 127 Å². The summed E-state index contributed by atoms with van der Waals surface area (Å²) in [6.07, 6.45) is 5.51. The number of hydrogen-bond acceptors (Lipinski definition) is 12. The first-order valence-corrected chi connectivity index (χ1v) is 31.7. The van der Waals surface area contributed by atoms with Gasteiger partial charge in [-0.25, -0.2) is 4.79 Å². The molecule has 76 heavy (non-hydrogen) atoms. The average molecular weight is 1080 g/mol. The van der Waals surface area contributed by atoms with Crippen molar-refractivity contribution in [1.82, 2.24) is 9.80 Å². The molecule has 0 bridgehead atoms. The Morgan fingerprint density at radius 3 is 1.39 bits per heavy atom. The number of benzene rings is 4. The van der Waals surface area contributed by atoms with Gasteiger partial charge in [0.05, 0.1) is 83.8 Å². The number of carbonyl (C=O) groups excluding carboxylic acids is 2. The first kappa shape index (κ1) is 58.8. The molecule has 4 N–H and O–H groups in total. The number of nitrogens with zero attached hydrogens (tertiary/aromatic N) is 2. The van der Waals surface area contributed by atoms with Gasteiger partial charge in [-0.15, -0.1) is 0 Å². The van der Waals surface area contributed by atoms with Gasteiger partial charge in [0.15, 0.2) is 39.6 Å². The van der Waals surface area contributed by atoms with Crippen LogP contribution in [-0.4, -0.2) is 116 Å². The van der Waals surface area contributed by atoms with Gasteiger partial charge in [-0.3, -0.25) is 14.9 Å². The predicted octanol–water partition coefficient (Wildman–Crippen LogP) is 12.6. The van der Waals surface area contributed by atoms with Crippen molar-refractivity contribution >= 4 is 57.1 Å². The minimum Gasteiger partial charge on any atom is -0.497 e. The zero-order valence-electron chi connectivity index (χ0n) is 47.0. The maximum absolute atomic E-state index is 14.7. The molecule has 4 aromatic carbocycles. The second-order valence-electron chi connectivity index (χ2n) is 22.4. The molecule has 18 heteroatoms. The van der Waals surface area contributed by atoms with Crippen LogP contribution >= 0.6 is 0 Å². The number of amides is 3. The number of hydrogen-bond donors (Lipinski definition) is 3. The second kappa shape index (κ2) is 24.7. The second-order valence-corrected chi connectivity index (χ2v) is 32.0. The number of nitrogen functional groups attached to an aromatic ring is 1. The summed E-state index contributed by atoms with van der Waals surface area (Å²) in [5.41, 5.74) is 11.2. The lowest BCUT2D eigenvalue weighted by molar-refractivity contribution is 0.0732. The molecule has 0 radical (unpaired) electrons. The van der Waals surface area contributed by atoms with Crippen LogP contribution in [0.2, 0.25) is 36.3 Å². The molecule has 6 rings (SSSR count). The lowest BCUT2D eigenvalue weighted by Crippen LogP contribution is -2.45. The molecular weight excluding hydrogens is 1000 g/mol. The van der Waals surface area contributed by atoms with E-state index in [-0.39, 0.29) is 63.1 Å². The summed E-state index contributed by atoms with van der Waals surface area (Å²) >= 11 is 0. The Bertz CT molecular complexity index is 2750. The SMILES string of the molecule is COc1ccc(C2=CN(C(=O)c3cc(OC)c(OCCCCCOc4cc(NC(=O)O)c(C(=O)N5C=C(c6ccc(OC)cc6)C[C@H]5CO[Si](C)(C)C(C)(C)C)cc4OC)cc3N)[C@H](CO[Si](C)(C)C(C)(C)C)C2)cc1. The van der Waals surface area contributed by atoms with E-state index >= 15 is 0 Å². The maximum Gasteiger partial charge on any atom is 0.409 e. The Kier molecular flexibility index (Phi) is 19.1. The highest BCUT2D eigenvalue weighted by Gasteiger charge is 2.42. The highest BCUT2D eigenvalue weighted by Crippen LogP contribution is 2.42. The van der Waals surface area contributed by atoms with Crippen LogP contribution in [0, 0.1) is 0 Å². The van der Waals surface area contributed by atoms with E-state index in [2.05, 4.69) is 73.0 Å². The molecule has 3 amide bonds. The monoisotopic (exact) mass is 1080 g/mol. The fraction of sp³-hybridized carbons (Fsp3) is 0.466. The molecule has 0 spiro atoms. The summed E-state index contributed by atoms with van der Waals surface area (Å²) in [7, 11) is 1.91. The van der Waals surface area contributed by atoms with Gasteiger partial charge in [0.1, 0.15) is 11.5 Å². The van der Waals surface area contributed by atoms with E-state index in [9.17, 15) is 19.5 Å². The van der Waals surface area contributed by atoms with Gasteiger partial charge < -0.3 is 57.9 Å². The number of nitrogens with two attached hydrogens (primary N) is 1. The van der Waals surface area contributed by atoms with Crippen molar-refractivity contribution in [3.05, 3.63) is 107 Å². The summed E-state index contributed by atoms with van der Waals surface area (Å²) in [5.74, 6) is 2.12. The maximum atomic E-state index is 14.7. The molecule has 0 saturated heterocycles. The van der Waals surface area contributed by atoms with Crippen LogP contribution in [-0.2, 0) is 8.85 Å². The molecule has 0 unspecified atom stereocenters.